The first-order valence-electron chi connectivity index (χ1n) is 11.3. The Morgan fingerprint density at radius 1 is 1.28 bits per heavy atom. The largest absolute Gasteiger partial charge is 0.488 e. The summed E-state index contributed by atoms with van der Waals surface area (Å²) in [6, 6.07) is 2.12. The fraction of sp³-hybridized carbons (Fsp3) is 0.500. The number of alkyl halides is 3. The van der Waals surface area contributed by atoms with Crippen LogP contribution in [0.5, 0.6) is 5.75 Å². The summed E-state index contributed by atoms with van der Waals surface area (Å²) in [5.41, 5.74) is 0.458. The summed E-state index contributed by atoms with van der Waals surface area (Å²) in [5.74, 6) is -2.22. The van der Waals surface area contributed by atoms with Gasteiger partial charge in [-0.3, -0.25) is 15.0 Å². The van der Waals surface area contributed by atoms with Crippen LogP contribution in [0, 0.1) is 5.92 Å². The summed E-state index contributed by atoms with van der Waals surface area (Å²) in [6.07, 6.45) is -3.10. The summed E-state index contributed by atoms with van der Waals surface area (Å²) in [5, 5.41) is 20.7. The van der Waals surface area contributed by atoms with E-state index < -0.39 is 43.0 Å². The number of hydrogen-bond donors (Lipinski definition) is 3. The summed E-state index contributed by atoms with van der Waals surface area (Å²) in [7, 11) is 0. The highest BCUT2D eigenvalue weighted by Gasteiger charge is 2.41. The predicted molar refractivity (Wildman–Crippen MR) is 121 cm³/mol. The van der Waals surface area contributed by atoms with E-state index in [4.69, 9.17) is 9.84 Å². The number of nitrogens with zero attached hydrogens (tertiary/aromatic N) is 5. The number of nitrogens with one attached hydrogen (secondary N) is 1. The number of ketones is 1. The van der Waals surface area contributed by atoms with Crippen LogP contribution in [0.15, 0.2) is 24.5 Å². The van der Waals surface area contributed by atoms with Crippen molar-refractivity contribution in [1.29, 1.82) is 0 Å². The van der Waals surface area contributed by atoms with Gasteiger partial charge in [0.15, 0.2) is 17.4 Å². The monoisotopic (exact) mass is 510 g/mol. The van der Waals surface area contributed by atoms with Crippen LogP contribution < -0.4 is 19.9 Å². The second kappa shape index (κ2) is 10.2. The molecule has 2 bridgehead atoms. The minimum Gasteiger partial charge on any atom is -0.488 e. The number of carbonyl (C=O) groups is 2. The molecule has 0 aliphatic carbocycles. The van der Waals surface area contributed by atoms with Gasteiger partial charge in [-0.05, 0) is 18.6 Å². The van der Waals surface area contributed by atoms with E-state index in [2.05, 4.69) is 20.3 Å². The molecule has 1 saturated heterocycles. The lowest BCUT2D eigenvalue weighted by Crippen LogP contribution is -2.48. The molecule has 2 amide bonds. The van der Waals surface area contributed by atoms with Crippen molar-refractivity contribution in [2.45, 2.75) is 38.1 Å². The highest BCUT2D eigenvalue weighted by Crippen LogP contribution is 2.39. The van der Waals surface area contributed by atoms with Gasteiger partial charge in [0.1, 0.15) is 18.4 Å². The molecule has 2 aromatic heterocycles. The van der Waals surface area contributed by atoms with E-state index in [1.165, 1.54) is 23.4 Å². The molecule has 0 spiro atoms. The average Bonchev–Trinajstić information content (AvgIpc) is 3.26. The third kappa shape index (κ3) is 5.49. The smallest absolute Gasteiger partial charge is 0.391 e. The number of aromatic nitrogens is 3. The molecule has 4 rings (SSSR count). The van der Waals surface area contributed by atoms with Gasteiger partial charge in [-0.1, -0.05) is 6.92 Å². The number of Topliss-reactive ketones (excluding diaryl/α,β-unsaturated/α-hetero) is 1. The lowest BCUT2D eigenvalue weighted by molar-refractivity contribution is -0.168. The van der Waals surface area contributed by atoms with Gasteiger partial charge in [-0.15, -0.1) is 0 Å². The maximum absolute atomic E-state index is 13.2. The van der Waals surface area contributed by atoms with Crippen molar-refractivity contribution in [3.63, 3.8) is 0 Å². The highest BCUT2D eigenvalue weighted by atomic mass is 19.4. The number of urea groups is 1. The minimum atomic E-state index is -4.50. The molecule has 4 heterocycles. The first-order valence-corrected chi connectivity index (χ1v) is 11.3. The molecule has 0 radical (unpaired) electrons. The minimum absolute atomic E-state index is 0.0386. The van der Waals surface area contributed by atoms with Gasteiger partial charge in [-0.25, -0.2) is 19.7 Å². The number of pyridine rings is 1. The normalized spacial score (nSPS) is 18.4. The Balaban J connectivity index is 1.51. The van der Waals surface area contributed by atoms with E-state index in [9.17, 15) is 27.9 Å². The van der Waals surface area contributed by atoms with Gasteiger partial charge in [-0.2, -0.15) is 13.2 Å². The Hall–Kier alpha value is -3.52. The SMILES string of the molecule is C[C@@H](CC(=O)c1ccc2c(n1)N(C(=O)Nc1ncc(OC[C@@H](O)CO)cn1)[C@H]1CCN2C1)C(F)(F)F. The van der Waals surface area contributed by atoms with Crippen LogP contribution >= 0.6 is 0 Å². The Labute approximate surface area is 203 Å². The Morgan fingerprint density at radius 2 is 2.00 bits per heavy atom. The van der Waals surface area contributed by atoms with Gasteiger partial charge in [0.25, 0.3) is 0 Å². The fourth-order valence-corrected chi connectivity index (χ4v) is 3.98. The molecule has 11 nitrogen and oxygen atoms in total. The van der Waals surface area contributed by atoms with E-state index in [0.29, 0.717) is 25.2 Å². The molecule has 0 saturated carbocycles. The number of halogens is 3. The molecule has 0 aromatic carbocycles. The van der Waals surface area contributed by atoms with Crippen molar-refractivity contribution in [2.24, 2.45) is 5.92 Å². The Kier molecular flexibility index (Phi) is 7.26. The first kappa shape index (κ1) is 25.6. The summed E-state index contributed by atoms with van der Waals surface area (Å²) in [6.45, 7) is 1.51. The molecule has 2 aliphatic heterocycles. The number of hydrogen-bond acceptors (Lipinski definition) is 9. The molecule has 0 unspecified atom stereocenters. The molecule has 2 aliphatic rings. The van der Waals surface area contributed by atoms with Crippen LogP contribution in [0.4, 0.5) is 35.4 Å². The zero-order valence-corrected chi connectivity index (χ0v) is 19.3. The van der Waals surface area contributed by atoms with Crippen LogP contribution in [0.25, 0.3) is 0 Å². The maximum Gasteiger partial charge on any atom is 0.391 e. The standard InChI is InChI=1S/C22H25F3N6O5/c1-12(22(23,24)25)6-18(34)16-2-3-17-19(28-16)31(13-4-5-30(17)9-13)21(35)29-20-26-7-15(8-27-20)36-11-14(33)10-32/h2-3,7-8,12-14,32-33H,4-6,9-11H2,1H3,(H,26,27,29,35)/t12-,13-,14-/m0/s1. The van der Waals surface area contributed by atoms with Crippen molar-refractivity contribution in [2.75, 3.05) is 41.4 Å². The number of rotatable bonds is 8. The topological polar surface area (TPSA) is 141 Å². The van der Waals surface area contributed by atoms with Crippen molar-refractivity contribution >= 4 is 29.3 Å². The first-order chi connectivity index (χ1) is 17.1. The maximum atomic E-state index is 13.2. The lowest BCUT2D eigenvalue weighted by Gasteiger charge is -2.35. The second-order valence-electron chi connectivity index (χ2n) is 8.69. The number of fused-ring (bicyclic) bond motifs is 4. The van der Waals surface area contributed by atoms with E-state index >= 15 is 0 Å². The number of anilines is 3. The van der Waals surface area contributed by atoms with Crippen LogP contribution in [-0.4, -0.2) is 81.6 Å². The quantitative estimate of drug-likeness (QED) is 0.455. The molecule has 3 N–H and O–H groups in total. The molecule has 194 valence electrons. The number of aliphatic hydroxyl groups is 2. The van der Waals surface area contributed by atoms with Crippen LogP contribution in [-0.2, 0) is 0 Å². The predicted octanol–water partition coefficient (Wildman–Crippen LogP) is 2.01. The zero-order chi connectivity index (χ0) is 26.0. The van der Waals surface area contributed by atoms with Crippen LogP contribution in [0.2, 0.25) is 0 Å². The summed E-state index contributed by atoms with van der Waals surface area (Å²) in [4.78, 5) is 41.4. The van der Waals surface area contributed by atoms with Crippen molar-refractivity contribution < 1.29 is 37.7 Å². The molecule has 2 aromatic rings. The van der Waals surface area contributed by atoms with E-state index in [1.807, 2.05) is 4.90 Å². The Morgan fingerprint density at radius 3 is 2.67 bits per heavy atom. The molecule has 14 heteroatoms. The second-order valence-corrected chi connectivity index (χ2v) is 8.69. The molecular formula is C22H25F3N6O5. The molecule has 1 fully saturated rings. The number of ether oxygens (including phenoxy) is 1. The third-order valence-electron chi connectivity index (χ3n) is 6.01. The molecule has 36 heavy (non-hydrogen) atoms. The van der Waals surface area contributed by atoms with Gasteiger partial charge >= 0.3 is 12.2 Å². The van der Waals surface area contributed by atoms with E-state index in [1.54, 1.807) is 6.07 Å². The van der Waals surface area contributed by atoms with Gasteiger partial charge in [0, 0.05) is 19.5 Å². The van der Waals surface area contributed by atoms with Crippen LogP contribution in [0.1, 0.15) is 30.3 Å². The Bertz CT molecular complexity index is 1120. The summed E-state index contributed by atoms with van der Waals surface area (Å²) < 4.78 is 44.0. The number of amides is 2. The van der Waals surface area contributed by atoms with Crippen LogP contribution in [0.3, 0.4) is 0 Å². The van der Waals surface area contributed by atoms with Gasteiger partial charge < -0.3 is 19.8 Å². The van der Waals surface area contributed by atoms with Crippen molar-refractivity contribution in [3.8, 4) is 5.75 Å². The highest BCUT2D eigenvalue weighted by molar-refractivity contribution is 6.04. The van der Waals surface area contributed by atoms with E-state index in [0.717, 1.165) is 6.92 Å². The fourth-order valence-electron chi connectivity index (χ4n) is 3.98. The van der Waals surface area contributed by atoms with Gasteiger partial charge in [0.2, 0.25) is 5.95 Å². The van der Waals surface area contributed by atoms with E-state index in [-0.39, 0.29) is 35.9 Å². The average molecular weight is 510 g/mol. The van der Waals surface area contributed by atoms with Crippen molar-refractivity contribution in [1.82, 2.24) is 15.0 Å². The zero-order valence-electron chi connectivity index (χ0n) is 19.3. The van der Waals surface area contributed by atoms with Gasteiger partial charge in [0.05, 0.1) is 36.6 Å². The number of carbonyl (C=O) groups excluding carboxylic acids is 2. The molecule has 3 atom stereocenters. The lowest BCUT2D eigenvalue weighted by atomic mass is 10.0. The van der Waals surface area contributed by atoms with Crippen molar-refractivity contribution in [3.05, 3.63) is 30.2 Å². The summed E-state index contributed by atoms with van der Waals surface area (Å²) >= 11 is 0. The molecular weight excluding hydrogens is 485 g/mol. The third-order valence-corrected chi connectivity index (χ3v) is 6.01. The number of aliphatic hydroxyl groups excluding tert-OH is 2.